The van der Waals surface area contributed by atoms with E-state index in [9.17, 15) is 9.59 Å². The van der Waals surface area contributed by atoms with Crippen molar-refractivity contribution in [1.29, 1.82) is 0 Å². The molecule has 0 aliphatic carbocycles. The van der Waals surface area contributed by atoms with Gasteiger partial charge in [-0.2, -0.15) is 0 Å². The lowest BCUT2D eigenvalue weighted by Crippen LogP contribution is -1.91. The molecule has 0 fully saturated rings. The Kier molecular flexibility index (Phi) is 5.50. The van der Waals surface area contributed by atoms with Crippen LogP contribution in [0.25, 0.3) is 39.0 Å². The Morgan fingerprint density at radius 3 is 1.91 bits per heavy atom. The number of aromatic nitrogens is 3. The quantitative estimate of drug-likeness (QED) is 0.268. The second-order valence-electron chi connectivity index (χ2n) is 7.38. The fourth-order valence-electron chi connectivity index (χ4n) is 3.78. The van der Waals surface area contributed by atoms with Crippen LogP contribution in [0.5, 0.6) is 0 Å². The number of carbonyl (C=O) groups is 2. The summed E-state index contributed by atoms with van der Waals surface area (Å²) in [5, 5.41) is 5.20. The summed E-state index contributed by atoms with van der Waals surface area (Å²) < 4.78 is 1.54. The zero-order valence-corrected chi connectivity index (χ0v) is 18.6. The van der Waals surface area contributed by atoms with Crippen molar-refractivity contribution < 1.29 is 9.59 Å². The Balaban J connectivity index is 1.61. The SMILES string of the molecule is O=Cc1ccc(-c2cccc(-c3cccc(-c4ccn5nc(C=O)nc5c4)c3Cl)c2Cl)cc1. The number of rotatable bonds is 5. The third kappa shape index (κ3) is 3.82. The van der Waals surface area contributed by atoms with Crippen molar-refractivity contribution in [1.82, 2.24) is 14.6 Å². The number of pyridine rings is 1. The molecule has 2 aromatic heterocycles. The van der Waals surface area contributed by atoms with Crippen molar-refractivity contribution in [3.05, 3.63) is 100 Å². The van der Waals surface area contributed by atoms with Crippen molar-refractivity contribution in [3.63, 3.8) is 0 Å². The van der Waals surface area contributed by atoms with E-state index >= 15 is 0 Å². The van der Waals surface area contributed by atoms with Crippen molar-refractivity contribution >= 4 is 41.4 Å². The minimum atomic E-state index is 0.122. The molecule has 0 saturated carbocycles. The molecule has 5 rings (SSSR count). The van der Waals surface area contributed by atoms with E-state index in [0.717, 1.165) is 39.7 Å². The van der Waals surface area contributed by atoms with Gasteiger partial charge in [-0.25, -0.2) is 9.50 Å². The second-order valence-corrected chi connectivity index (χ2v) is 8.14. The summed E-state index contributed by atoms with van der Waals surface area (Å²) >= 11 is 13.7. The Morgan fingerprint density at radius 2 is 1.30 bits per heavy atom. The molecule has 0 spiro atoms. The van der Waals surface area contributed by atoms with E-state index in [2.05, 4.69) is 10.1 Å². The van der Waals surface area contributed by atoms with Gasteiger partial charge >= 0.3 is 0 Å². The Bertz CT molecular complexity index is 1530. The maximum absolute atomic E-state index is 11.0. The third-order valence-corrected chi connectivity index (χ3v) is 6.23. The lowest BCUT2D eigenvalue weighted by molar-refractivity contribution is 0.111. The van der Waals surface area contributed by atoms with E-state index in [1.807, 2.05) is 60.7 Å². The number of carbonyl (C=O) groups excluding carboxylic acids is 2. The van der Waals surface area contributed by atoms with Crippen molar-refractivity contribution in [2.45, 2.75) is 0 Å². The average molecular weight is 472 g/mol. The maximum atomic E-state index is 11.0. The third-order valence-electron chi connectivity index (χ3n) is 5.42. The van der Waals surface area contributed by atoms with Crippen LogP contribution in [0.4, 0.5) is 0 Å². The topological polar surface area (TPSA) is 64.3 Å². The molecular weight excluding hydrogens is 457 g/mol. The van der Waals surface area contributed by atoms with Crippen LogP contribution in [0.2, 0.25) is 10.0 Å². The van der Waals surface area contributed by atoms with Crippen molar-refractivity contribution in [2.75, 3.05) is 0 Å². The molecule has 160 valence electrons. The van der Waals surface area contributed by atoms with E-state index in [4.69, 9.17) is 23.2 Å². The van der Waals surface area contributed by atoms with Gasteiger partial charge < -0.3 is 0 Å². The van der Waals surface area contributed by atoms with Crippen LogP contribution in [-0.4, -0.2) is 27.2 Å². The summed E-state index contributed by atoms with van der Waals surface area (Å²) in [6.07, 6.45) is 3.16. The van der Waals surface area contributed by atoms with Gasteiger partial charge in [-0.05, 0) is 23.3 Å². The minimum absolute atomic E-state index is 0.122. The van der Waals surface area contributed by atoms with Gasteiger partial charge in [0, 0.05) is 34.0 Å². The zero-order chi connectivity index (χ0) is 22.9. The van der Waals surface area contributed by atoms with Crippen molar-refractivity contribution in [2.24, 2.45) is 0 Å². The molecule has 33 heavy (non-hydrogen) atoms. The molecule has 3 aromatic carbocycles. The molecular formula is C26H15Cl2N3O2. The summed E-state index contributed by atoms with van der Waals surface area (Å²) in [6, 6.07) is 22.5. The van der Waals surface area contributed by atoms with E-state index in [0.29, 0.717) is 27.5 Å². The van der Waals surface area contributed by atoms with Crippen LogP contribution in [-0.2, 0) is 0 Å². The predicted octanol–water partition coefficient (Wildman–Crippen LogP) is 6.66. The molecule has 0 atom stereocenters. The summed E-state index contributed by atoms with van der Waals surface area (Å²) in [7, 11) is 0. The van der Waals surface area contributed by atoms with Crippen molar-refractivity contribution in [3.8, 4) is 33.4 Å². The standard InChI is InChI=1S/C26H15Cl2N3O2/c27-25-19(17-9-7-16(14-32)8-10-17)3-1-5-21(25)22-6-2-4-20(26(22)28)18-11-12-31-24(13-18)29-23(15-33)30-31/h1-15H. The predicted molar refractivity (Wildman–Crippen MR) is 130 cm³/mol. The number of aldehydes is 2. The lowest BCUT2D eigenvalue weighted by atomic mass is 9.95. The summed E-state index contributed by atoms with van der Waals surface area (Å²) in [5.41, 5.74) is 6.15. The molecule has 5 aromatic rings. The van der Waals surface area contributed by atoms with Gasteiger partial charge in [0.25, 0.3) is 0 Å². The molecule has 0 aliphatic heterocycles. The first-order chi connectivity index (χ1) is 16.1. The maximum Gasteiger partial charge on any atom is 0.214 e. The highest BCUT2D eigenvalue weighted by atomic mass is 35.5. The number of halogens is 2. The normalized spacial score (nSPS) is 11.0. The van der Waals surface area contributed by atoms with Crippen LogP contribution >= 0.6 is 23.2 Å². The van der Waals surface area contributed by atoms with Gasteiger partial charge in [0.2, 0.25) is 5.82 Å². The number of hydrogen-bond acceptors (Lipinski definition) is 4. The smallest absolute Gasteiger partial charge is 0.214 e. The van der Waals surface area contributed by atoms with Gasteiger partial charge in [-0.3, -0.25) is 9.59 Å². The fourth-order valence-corrected chi connectivity index (χ4v) is 4.46. The first kappa shape index (κ1) is 21.1. The van der Waals surface area contributed by atoms with Crippen LogP contribution in [0.3, 0.4) is 0 Å². The monoisotopic (exact) mass is 471 g/mol. The molecule has 0 bridgehead atoms. The average Bonchev–Trinajstić information content (AvgIpc) is 3.27. The van der Waals surface area contributed by atoms with E-state index < -0.39 is 0 Å². The van der Waals surface area contributed by atoms with E-state index in [1.165, 1.54) is 0 Å². The number of hydrogen-bond donors (Lipinski definition) is 0. The number of nitrogens with zero attached hydrogens (tertiary/aromatic N) is 3. The first-order valence-corrected chi connectivity index (χ1v) is 10.8. The molecule has 0 aliphatic rings. The Labute approximate surface area is 199 Å². The lowest BCUT2D eigenvalue weighted by Gasteiger charge is -2.14. The number of fused-ring (bicyclic) bond motifs is 1. The Hall–Kier alpha value is -3.80. The minimum Gasteiger partial charge on any atom is -0.298 e. The van der Waals surface area contributed by atoms with Gasteiger partial charge in [0.05, 0.1) is 10.0 Å². The molecule has 5 nitrogen and oxygen atoms in total. The molecule has 0 amide bonds. The fraction of sp³-hybridized carbons (Fsp3) is 0. The molecule has 2 heterocycles. The number of benzene rings is 3. The largest absolute Gasteiger partial charge is 0.298 e. The zero-order valence-electron chi connectivity index (χ0n) is 17.1. The van der Waals surface area contributed by atoms with E-state index in [-0.39, 0.29) is 5.82 Å². The van der Waals surface area contributed by atoms with Crippen LogP contribution < -0.4 is 0 Å². The summed E-state index contributed by atoms with van der Waals surface area (Å²) in [5.74, 6) is 0.122. The van der Waals surface area contributed by atoms with Crippen LogP contribution in [0.15, 0.2) is 79.0 Å². The Morgan fingerprint density at radius 1 is 0.697 bits per heavy atom. The summed E-state index contributed by atoms with van der Waals surface area (Å²) in [4.78, 5) is 26.2. The van der Waals surface area contributed by atoms with Gasteiger partial charge in [-0.15, -0.1) is 5.10 Å². The van der Waals surface area contributed by atoms with Crippen LogP contribution in [0.1, 0.15) is 21.0 Å². The van der Waals surface area contributed by atoms with E-state index in [1.54, 1.807) is 22.8 Å². The second kappa shape index (κ2) is 8.62. The van der Waals surface area contributed by atoms with Gasteiger partial charge in [0.1, 0.15) is 6.29 Å². The highest BCUT2D eigenvalue weighted by Crippen LogP contribution is 2.42. The van der Waals surface area contributed by atoms with Crippen LogP contribution in [0, 0.1) is 0 Å². The van der Waals surface area contributed by atoms with Gasteiger partial charge in [0.15, 0.2) is 11.9 Å². The molecule has 0 radical (unpaired) electrons. The highest BCUT2D eigenvalue weighted by molar-refractivity contribution is 6.39. The molecule has 0 N–H and O–H groups in total. The molecule has 0 unspecified atom stereocenters. The van der Waals surface area contributed by atoms with Gasteiger partial charge in [-0.1, -0.05) is 83.9 Å². The highest BCUT2D eigenvalue weighted by Gasteiger charge is 2.16. The first-order valence-electron chi connectivity index (χ1n) is 10.0. The molecule has 0 saturated heterocycles. The summed E-state index contributed by atoms with van der Waals surface area (Å²) in [6.45, 7) is 0. The molecule has 7 heteroatoms.